The molecule has 120 valence electrons. The van der Waals surface area contributed by atoms with Crippen molar-refractivity contribution in [1.82, 2.24) is 10.2 Å². The molecule has 1 fully saturated rings. The number of hydrogen-bond donors (Lipinski definition) is 1. The lowest BCUT2D eigenvalue weighted by Gasteiger charge is -2.43. The number of thioether (sulfide) groups is 1. The Kier molecular flexibility index (Phi) is 7.37. The SMILES string of the molecule is CNC1CCC(C(C)(C)C)CC1CN(C)C(C)CSC. The van der Waals surface area contributed by atoms with Crippen LogP contribution in [-0.2, 0) is 0 Å². The first-order chi connectivity index (χ1) is 9.29. The van der Waals surface area contributed by atoms with Crippen LogP contribution in [0, 0.1) is 17.3 Å². The van der Waals surface area contributed by atoms with Gasteiger partial charge >= 0.3 is 0 Å². The fourth-order valence-electron chi connectivity index (χ4n) is 3.55. The molecule has 0 aromatic carbocycles. The molecule has 0 spiro atoms. The second-order valence-electron chi connectivity index (χ2n) is 7.78. The monoisotopic (exact) mass is 300 g/mol. The van der Waals surface area contributed by atoms with Crippen molar-refractivity contribution in [2.45, 2.75) is 59.0 Å². The van der Waals surface area contributed by atoms with Crippen molar-refractivity contribution >= 4 is 11.8 Å². The van der Waals surface area contributed by atoms with Gasteiger partial charge in [0.2, 0.25) is 0 Å². The Bertz CT molecular complexity index is 275. The van der Waals surface area contributed by atoms with Gasteiger partial charge in [0, 0.05) is 24.4 Å². The van der Waals surface area contributed by atoms with Gasteiger partial charge in [-0.1, -0.05) is 20.8 Å². The average molecular weight is 301 g/mol. The maximum Gasteiger partial charge on any atom is 0.0155 e. The van der Waals surface area contributed by atoms with Gasteiger partial charge in [-0.2, -0.15) is 11.8 Å². The van der Waals surface area contributed by atoms with Crippen LogP contribution in [0.25, 0.3) is 0 Å². The van der Waals surface area contributed by atoms with Crippen LogP contribution in [0.3, 0.4) is 0 Å². The first kappa shape index (κ1) is 18.3. The van der Waals surface area contributed by atoms with Crippen LogP contribution >= 0.6 is 11.8 Å². The minimum absolute atomic E-state index is 0.459. The molecular weight excluding hydrogens is 264 g/mol. The van der Waals surface area contributed by atoms with E-state index < -0.39 is 0 Å². The average Bonchev–Trinajstić information content (AvgIpc) is 2.37. The fraction of sp³-hybridized carbons (Fsp3) is 1.00. The molecule has 0 bridgehead atoms. The molecule has 0 aromatic heterocycles. The lowest BCUT2D eigenvalue weighted by Crippen LogP contribution is -2.47. The molecule has 0 aliphatic heterocycles. The highest BCUT2D eigenvalue weighted by molar-refractivity contribution is 7.98. The molecule has 0 radical (unpaired) electrons. The molecule has 4 unspecified atom stereocenters. The van der Waals surface area contributed by atoms with Crippen LogP contribution < -0.4 is 5.32 Å². The second kappa shape index (κ2) is 8.05. The Morgan fingerprint density at radius 2 is 1.95 bits per heavy atom. The zero-order chi connectivity index (χ0) is 15.3. The highest BCUT2D eigenvalue weighted by Gasteiger charge is 2.35. The number of hydrogen-bond acceptors (Lipinski definition) is 3. The molecular formula is C17H36N2S. The topological polar surface area (TPSA) is 15.3 Å². The van der Waals surface area contributed by atoms with E-state index in [0.29, 0.717) is 17.5 Å². The van der Waals surface area contributed by atoms with Crippen molar-refractivity contribution in [3.05, 3.63) is 0 Å². The summed E-state index contributed by atoms with van der Waals surface area (Å²) in [7, 11) is 4.44. The standard InChI is InChI=1S/C17H36N2S/c1-13(12-20-7)19(6)11-14-10-15(17(2,3)4)8-9-16(14)18-5/h13-16,18H,8-12H2,1-7H3. The molecule has 0 heterocycles. The van der Waals surface area contributed by atoms with Crippen LogP contribution in [0.1, 0.15) is 47.0 Å². The van der Waals surface area contributed by atoms with Crippen molar-refractivity contribution < 1.29 is 0 Å². The van der Waals surface area contributed by atoms with Gasteiger partial charge < -0.3 is 10.2 Å². The third-order valence-corrected chi connectivity index (χ3v) is 6.08. The summed E-state index contributed by atoms with van der Waals surface area (Å²) in [6.07, 6.45) is 6.31. The van der Waals surface area contributed by atoms with E-state index in [4.69, 9.17) is 0 Å². The third kappa shape index (κ3) is 5.23. The van der Waals surface area contributed by atoms with Crippen molar-refractivity contribution in [2.24, 2.45) is 17.3 Å². The lowest BCUT2D eigenvalue weighted by atomic mass is 9.67. The molecule has 1 aliphatic rings. The summed E-state index contributed by atoms with van der Waals surface area (Å²) in [6, 6.07) is 1.38. The Balaban J connectivity index is 2.62. The van der Waals surface area contributed by atoms with Crippen LogP contribution in [0.15, 0.2) is 0 Å². The largest absolute Gasteiger partial charge is 0.317 e. The molecule has 0 amide bonds. The van der Waals surface area contributed by atoms with E-state index >= 15 is 0 Å². The van der Waals surface area contributed by atoms with Gasteiger partial charge in [0.05, 0.1) is 0 Å². The summed E-state index contributed by atoms with van der Waals surface area (Å²) in [4.78, 5) is 2.57. The van der Waals surface area contributed by atoms with E-state index in [1.165, 1.54) is 31.6 Å². The minimum Gasteiger partial charge on any atom is -0.317 e. The zero-order valence-corrected chi connectivity index (χ0v) is 15.5. The highest BCUT2D eigenvalue weighted by Crippen LogP contribution is 2.40. The third-order valence-electron chi connectivity index (χ3n) is 5.26. The first-order valence-electron chi connectivity index (χ1n) is 8.16. The van der Waals surface area contributed by atoms with Crippen LogP contribution in [0.5, 0.6) is 0 Å². The van der Waals surface area contributed by atoms with Crippen LogP contribution in [-0.4, -0.2) is 49.6 Å². The summed E-state index contributed by atoms with van der Waals surface area (Å²) >= 11 is 1.95. The van der Waals surface area contributed by atoms with Crippen molar-refractivity contribution in [2.75, 3.05) is 32.6 Å². The van der Waals surface area contributed by atoms with E-state index in [1.54, 1.807) is 0 Å². The van der Waals surface area contributed by atoms with Crippen molar-refractivity contribution in [3.63, 3.8) is 0 Å². The van der Waals surface area contributed by atoms with Gasteiger partial charge in [-0.05, 0) is 63.8 Å². The normalized spacial score (nSPS) is 29.7. The summed E-state index contributed by atoms with van der Waals surface area (Å²) in [5.74, 6) is 2.91. The van der Waals surface area contributed by atoms with Gasteiger partial charge in [-0.15, -0.1) is 0 Å². The lowest BCUT2D eigenvalue weighted by molar-refractivity contribution is 0.0897. The zero-order valence-electron chi connectivity index (χ0n) is 14.7. The second-order valence-corrected chi connectivity index (χ2v) is 8.69. The predicted molar refractivity (Wildman–Crippen MR) is 93.6 cm³/mol. The van der Waals surface area contributed by atoms with Gasteiger partial charge in [-0.25, -0.2) is 0 Å². The highest BCUT2D eigenvalue weighted by atomic mass is 32.2. The molecule has 2 nitrogen and oxygen atoms in total. The number of nitrogens with zero attached hydrogens (tertiary/aromatic N) is 1. The van der Waals surface area contributed by atoms with Crippen LogP contribution in [0.2, 0.25) is 0 Å². The fourth-order valence-corrected chi connectivity index (χ4v) is 4.29. The number of rotatable bonds is 6. The van der Waals surface area contributed by atoms with Gasteiger partial charge in [0.25, 0.3) is 0 Å². The smallest absolute Gasteiger partial charge is 0.0155 e. The molecule has 1 aliphatic carbocycles. The minimum atomic E-state index is 0.459. The van der Waals surface area contributed by atoms with Crippen molar-refractivity contribution in [3.8, 4) is 0 Å². The maximum atomic E-state index is 3.57. The number of nitrogens with one attached hydrogen (secondary N) is 1. The Morgan fingerprint density at radius 1 is 1.30 bits per heavy atom. The summed E-state index contributed by atoms with van der Waals surface area (Å²) in [5, 5.41) is 3.57. The molecule has 1 rings (SSSR count). The Morgan fingerprint density at radius 3 is 2.45 bits per heavy atom. The molecule has 0 saturated heterocycles. The summed E-state index contributed by atoms with van der Waals surface area (Å²) < 4.78 is 0. The molecule has 1 N–H and O–H groups in total. The Labute approximate surface area is 131 Å². The summed E-state index contributed by atoms with van der Waals surface area (Å²) in [5.41, 5.74) is 0.459. The van der Waals surface area contributed by atoms with Crippen LogP contribution in [0.4, 0.5) is 0 Å². The Hall–Kier alpha value is 0.270. The maximum absolute atomic E-state index is 3.57. The first-order valence-corrected chi connectivity index (χ1v) is 9.55. The molecule has 0 aromatic rings. The predicted octanol–water partition coefficient (Wildman–Crippen LogP) is 3.72. The van der Waals surface area contributed by atoms with E-state index in [1.807, 2.05) is 11.8 Å². The van der Waals surface area contributed by atoms with Gasteiger partial charge in [0.15, 0.2) is 0 Å². The van der Waals surface area contributed by atoms with E-state index in [2.05, 4.69) is 58.3 Å². The molecule has 3 heteroatoms. The van der Waals surface area contributed by atoms with E-state index in [-0.39, 0.29) is 0 Å². The molecule has 1 saturated carbocycles. The van der Waals surface area contributed by atoms with Crippen molar-refractivity contribution in [1.29, 1.82) is 0 Å². The van der Waals surface area contributed by atoms with E-state index in [0.717, 1.165) is 11.8 Å². The van der Waals surface area contributed by atoms with Gasteiger partial charge in [0.1, 0.15) is 0 Å². The molecule has 4 atom stereocenters. The molecule has 20 heavy (non-hydrogen) atoms. The quantitative estimate of drug-likeness (QED) is 0.805. The summed E-state index contributed by atoms with van der Waals surface area (Å²) in [6.45, 7) is 10.8. The van der Waals surface area contributed by atoms with E-state index in [9.17, 15) is 0 Å². The van der Waals surface area contributed by atoms with Gasteiger partial charge in [-0.3, -0.25) is 0 Å².